The average molecular weight is 331 g/mol. The molecule has 1 aromatic rings. The summed E-state index contributed by atoms with van der Waals surface area (Å²) in [5.74, 6) is -1.41. The van der Waals surface area contributed by atoms with Crippen molar-refractivity contribution < 1.29 is 23.1 Å². The van der Waals surface area contributed by atoms with Crippen LogP contribution in [0, 0.1) is 5.92 Å². The van der Waals surface area contributed by atoms with Crippen molar-refractivity contribution in [2.75, 3.05) is 6.26 Å². The third-order valence-corrected chi connectivity index (χ3v) is 6.38. The van der Waals surface area contributed by atoms with Crippen LogP contribution in [-0.4, -0.2) is 37.7 Å². The highest BCUT2D eigenvalue weighted by atomic mass is 32.2. The Kier molecular flexibility index (Phi) is 4.67. The summed E-state index contributed by atoms with van der Waals surface area (Å²) in [5.41, 5.74) is 0.334. The third-order valence-electron chi connectivity index (χ3n) is 3.61. The zero-order valence-electron chi connectivity index (χ0n) is 11.5. The molecule has 1 aliphatic carbocycles. The van der Waals surface area contributed by atoms with E-state index in [2.05, 4.69) is 5.32 Å². The number of carboxylic acids is 1. The Hall–Kier alpha value is -1.41. The number of sulfone groups is 1. The first-order chi connectivity index (χ1) is 9.77. The highest BCUT2D eigenvalue weighted by Crippen LogP contribution is 2.25. The second kappa shape index (κ2) is 6.15. The van der Waals surface area contributed by atoms with E-state index in [0.29, 0.717) is 31.2 Å². The summed E-state index contributed by atoms with van der Waals surface area (Å²) < 4.78 is 22.9. The van der Waals surface area contributed by atoms with Crippen molar-refractivity contribution in [1.29, 1.82) is 0 Å². The lowest BCUT2D eigenvalue weighted by Gasteiger charge is -2.26. The molecule has 1 saturated carbocycles. The Morgan fingerprint density at radius 2 is 1.90 bits per heavy atom. The lowest BCUT2D eigenvalue weighted by molar-refractivity contribution is -0.142. The molecule has 0 aliphatic heterocycles. The summed E-state index contributed by atoms with van der Waals surface area (Å²) >= 11 is 1.02. The maximum Gasteiger partial charge on any atom is 0.306 e. The molecule has 116 valence electrons. The molecular weight excluding hydrogens is 314 g/mol. The molecule has 8 heteroatoms. The zero-order chi connectivity index (χ0) is 15.6. The molecule has 0 unspecified atom stereocenters. The number of nitrogens with one attached hydrogen (secondary N) is 1. The maximum absolute atomic E-state index is 12.1. The predicted octanol–water partition coefficient (Wildman–Crippen LogP) is 1.52. The van der Waals surface area contributed by atoms with E-state index in [1.807, 2.05) is 0 Å². The summed E-state index contributed by atoms with van der Waals surface area (Å²) in [7, 11) is -3.29. The summed E-state index contributed by atoms with van der Waals surface area (Å²) in [6.07, 6.45) is 3.47. The van der Waals surface area contributed by atoms with E-state index >= 15 is 0 Å². The van der Waals surface area contributed by atoms with Gasteiger partial charge < -0.3 is 10.4 Å². The van der Waals surface area contributed by atoms with Gasteiger partial charge in [-0.25, -0.2) is 8.42 Å². The van der Waals surface area contributed by atoms with Gasteiger partial charge in [0.1, 0.15) is 4.21 Å². The monoisotopic (exact) mass is 331 g/mol. The summed E-state index contributed by atoms with van der Waals surface area (Å²) in [6, 6.07) is 1.33. The van der Waals surface area contributed by atoms with Crippen LogP contribution in [0.3, 0.4) is 0 Å². The Morgan fingerprint density at radius 1 is 1.29 bits per heavy atom. The molecule has 0 atom stereocenters. The van der Waals surface area contributed by atoms with Crippen molar-refractivity contribution in [1.82, 2.24) is 5.32 Å². The first-order valence-electron chi connectivity index (χ1n) is 6.59. The molecule has 21 heavy (non-hydrogen) atoms. The van der Waals surface area contributed by atoms with E-state index in [1.54, 1.807) is 0 Å². The molecule has 1 amide bonds. The molecule has 0 radical (unpaired) electrons. The van der Waals surface area contributed by atoms with Crippen LogP contribution in [0.25, 0.3) is 0 Å². The minimum atomic E-state index is -3.29. The van der Waals surface area contributed by atoms with E-state index in [9.17, 15) is 18.0 Å². The van der Waals surface area contributed by atoms with Crippen molar-refractivity contribution >= 4 is 33.1 Å². The Labute approximate surface area is 127 Å². The maximum atomic E-state index is 12.1. The van der Waals surface area contributed by atoms with Crippen molar-refractivity contribution in [3.05, 3.63) is 17.0 Å². The quantitative estimate of drug-likeness (QED) is 0.871. The second-order valence-electron chi connectivity index (χ2n) is 5.29. The fourth-order valence-corrected chi connectivity index (χ4v) is 4.18. The van der Waals surface area contributed by atoms with Gasteiger partial charge in [0.15, 0.2) is 9.84 Å². The molecule has 6 nitrogen and oxygen atoms in total. The molecule has 1 fully saturated rings. The van der Waals surface area contributed by atoms with Gasteiger partial charge in [-0.1, -0.05) is 0 Å². The van der Waals surface area contributed by atoms with Crippen LogP contribution in [-0.2, 0) is 14.6 Å². The van der Waals surface area contributed by atoms with E-state index in [4.69, 9.17) is 5.11 Å². The molecule has 2 rings (SSSR count). The zero-order valence-corrected chi connectivity index (χ0v) is 13.2. The fourth-order valence-electron chi connectivity index (χ4n) is 2.38. The number of amides is 1. The van der Waals surface area contributed by atoms with Crippen molar-refractivity contribution in [2.24, 2.45) is 5.92 Å². The number of hydrogen-bond donors (Lipinski definition) is 2. The van der Waals surface area contributed by atoms with Crippen LogP contribution in [0.5, 0.6) is 0 Å². The molecule has 0 bridgehead atoms. The van der Waals surface area contributed by atoms with E-state index in [-0.39, 0.29) is 22.1 Å². The van der Waals surface area contributed by atoms with Crippen LogP contribution in [0.1, 0.15) is 36.0 Å². The standard InChI is InChI=1S/C13H17NO5S2/c1-21(18,19)11-6-9(7-20-11)12(15)14-10-4-2-8(3-5-10)13(16)17/h6-8,10H,2-5H2,1H3,(H,14,15)(H,16,17). The molecular formula is C13H17NO5S2. The van der Waals surface area contributed by atoms with Gasteiger partial charge in [-0.15, -0.1) is 11.3 Å². The van der Waals surface area contributed by atoms with Gasteiger partial charge in [-0.05, 0) is 31.7 Å². The van der Waals surface area contributed by atoms with Crippen LogP contribution >= 0.6 is 11.3 Å². The largest absolute Gasteiger partial charge is 0.481 e. The predicted molar refractivity (Wildman–Crippen MR) is 78.3 cm³/mol. The second-order valence-corrected chi connectivity index (χ2v) is 8.44. The van der Waals surface area contributed by atoms with Crippen molar-refractivity contribution in [3.63, 3.8) is 0 Å². The topological polar surface area (TPSA) is 101 Å². The molecule has 1 aromatic heterocycles. The molecule has 0 spiro atoms. The van der Waals surface area contributed by atoms with Gasteiger partial charge in [0, 0.05) is 17.7 Å². The summed E-state index contributed by atoms with van der Waals surface area (Å²) in [5, 5.41) is 13.3. The smallest absolute Gasteiger partial charge is 0.306 e. The highest BCUT2D eigenvalue weighted by molar-refractivity contribution is 7.92. The summed E-state index contributed by atoms with van der Waals surface area (Å²) in [6.45, 7) is 0. The minimum absolute atomic E-state index is 0.0466. The molecule has 0 saturated heterocycles. The van der Waals surface area contributed by atoms with Crippen LogP contribution in [0.4, 0.5) is 0 Å². The molecule has 2 N–H and O–H groups in total. The Bertz CT molecular complexity index is 641. The van der Waals surface area contributed by atoms with Gasteiger partial charge in [0.25, 0.3) is 5.91 Å². The number of carbonyl (C=O) groups excluding carboxylic acids is 1. The van der Waals surface area contributed by atoms with Crippen LogP contribution < -0.4 is 5.32 Å². The Balaban J connectivity index is 1.94. The fraction of sp³-hybridized carbons (Fsp3) is 0.538. The van der Waals surface area contributed by atoms with Crippen molar-refractivity contribution in [3.8, 4) is 0 Å². The number of hydrogen-bond acceptors (Lipinski definition) is 5. The molecule has 1 heterocycles. The summed E-state index contributed by atoms with van der Waals surface area (Å²) in [4.78, 5) is 22.9. The van der Waals surface area contributed by atoms with Crippen LogP contribution in [0.15, 0.2) is 15.7 Å². The van der Waals surface area contributed by atoms with E-state index < -0.39 is 15.8 Å². The third kappa shape index (κ3) is 4.04. The number of thiophene rings is 1. The first kappa shape index (κ1) is 16.0. The normalized spacial score (nSPS) is 22.7. The van der Waals surface area contributed by atoms with Gasteiger partial charge in [-0.3, -0.25) is 9.59 Å². The first-order valence-corrected chi connectivity index (χ1v) is 9.36. The van der Waals surface area contributed by atoms with E-state index in [0.717, 1.165) is 17.6 Å². The minimum Gasteiger partial charge on any atom is -0.481 e. The average Bonchev–Trinajstić information content (AvgIpc) is 2.88. The van der Waals surface area contributed by atoms with Crippen molar-refractivity contribution in [2.45, 2.75) is 35.9 Å². The molecule has 1 aliphatic rings. The van der Waals surface area contributed by atoms with E-state index in [1.165, 1.54) is 11.4 Å². The lowest BCUT2D eigenvalue weighted by Crippen LogP contribution is -2.38. The highest BCUT2D eigenvalue weighted by Gasteiger charge is 2.27. The SMILES string of the molecule is CS(=O)(=O)c1cc(C(=O)NC2CCC(C(=O)O)CC2)cs1. The number of aliphatic carboxylic acids is 1. The van der Waals surface area contributed by atoms with Crippen LogP contribution in [0.2, 0.25) is 0 Å². The number of rotatable bonds is 4. The Morgan fingerprint density at radius 3 is 2.38 bits per heavy atom. The van der Waals surface area contributed by atoms with Gasteiger partial charge >= 0.3 is 5.97 Å². The molecule has 0 aromatic carbocycles. The number of carbonyl (C=O) groups is 2. The van der Waals surface area contributed by atoms with Gasteiger partial charge in [0.05, 0.1) is 11.5 Å². The van der Waals surface area contributed by atoms with Gasteiger partial charge in [-0.2, -0.15) is 0 Å². The van der Waals surface area contributed by atoms with Gasteiger partial charge in [0.2, 0.25) is 0 Å². The lowest BCUT2D eigenvalue weighted by atomic mass is 9.86. The number of carboxylic acid groups (broad SMARTS) is 1.